The van der Waals surface area contributed by atoms with Crippen molar-refractivity contribution in [1.82, 2.24) is 0 Å². The monoisotopic (exact) mass is 267 g/mol. The Morgan fingerprint density at radius 3 is 2.60 bits per heavy atom. The summed E-state index contributed by atoms with van der Waals surface area (Å²) in [4.78, 5) is 0. The predicted molar refractivity (Wildman–Crippen MR) is 82.2 cm³/mol. The Hall–Kier alpha value is -1.80. The summed E-state index contributed by atoms with van der Waals surface area (Å²) in [7, 11) is 0. The van der Waals surface area contributed by atoms with E-state index in [0.29, 0.717) is 12.5 Å². The van der Waals surface area contributed by atoms with Crippen LogP contribution in [0.15, 0.2) is 48.5 Å². The number of fused-ring (bicyclic) bond motifs is 1. The largest absolute Gasteiger partial charge is 0.490 e. The van der Waals surface area contributed by atoms with Gasteiger partial charge in [0.2, 0.25) is 0 Å². The maximum atomic E-state index is 6.03. The van der Waals surface area contributed by atoms with Crippen LogP contribution in [0, 0.1) is 6.92 Å². The molecule has 0 saturated carbocycles. The Bertz CT molecular complexity index is 551. The van der Waals surface area contributed by atoms with E-state index in [1.807, 2.05) is 6.07 Å². The molecule has 20 heavy (non-hydrogen) atoms. The predicted octanol–water partition coefficient (Wildman–Crippen LogP) is 3.43. The highest BCUT2D eigenvalue weighted by molar-refractivity contribution is 5.37. The molecule has 0 radical (unpaired) electrons. The third kappa shape index (κ3) is 2.70. The molecule has 0 amide bonds. The molecule has 0 saturated heterocycles. The second kappa shape index (κ2) is 5.68. The molecule has 2 atom stereocenters. The molecule has 104 valence electrons. The Labute approximate surface area is 120 Å². The molecule has 1 heterocycles. The van der Waals surface area contributed by atoms with E-state index in [4.69, 9.17) is 10.5 Å². The summed E-state index contributed by atoms with van der Waals surface area (Å²) in [6.45, 7) is 2.78. The van der Waals surface area contributed by atoms with E-state index in [9.17, 15) is 0 Å². The lowest BCUT2D eigenvalue weighted by Gasteiger charge is -2.19. The number of benzene rings is 2. The van der Waals surface area contributed by atoms with Gasteiger partial charge in [-0.1, -0.05) is 48.0 Å². The summed E-state index contributed by atoms with van der Waals surface area (Å²) in [5.41, 5.74) is 9.89. The number of rotatable bonds is 4. The topological polar surface area (TPSA) is 35.2 Å². The van der Waals surface area contributed by atoms with Crippen molar-refractivity contribution in [2.45, 2.75) is 31.8 Å². The lowest BCUT2D eigenvalue weighted by molar-refractivity contribution is 0.210. The summed E-state index contributed by atoms with van der Waals surface area (Å²) in [5.74, 6) is 1.41. The van der Waals surface area contributed by atoms with Crippen LogP contribution in [0.5, 0.6) is 5.75 Å². The second-order valence-corrected chi connectivity index (χ2v) is 5.63. The normalized spacial score (nSPS) is 18.4. The zero-order chi connectivity index (χ0) is 13.9. The first kappa shape index (κ1) is 13.2. The zero-order valence-corrected chi connectivity index (χ0v) is 11.9. The van der Waals surface area contributed by atoms with Crippen LogP contribution in [0.25, 0.3) is 0 Å². The molecule has 0 aliphatic carbocycles. The summed E-state index contributed by atoms with van der Waals surface area (Å²) in [6, 6.07) is 17.0. The molecule has 1 aliphatic heterocycles. The zero-order valence-electron chi connectivity index (χ0n) is 11.9. The van der Waals surface area contributed by atoms with Crippen LogP contribution in [0.3, 0.4) is 0 Å². The molecule has 0 aromatic heterocycles. The van der Waals surface area contributed by atoms with Gasteiger partial charge in [-0.25, -0.2) is 0 Å². The Morgan fingerprint density at radius 1 is 1.15 bits per heavy atom. The van der Waals surface area contributed by atoms with Crippen molar-refractivity contribution in [2.24, 2.45) is 5.73 Å². The number of hydrogen-bond acceptors (Lipinski definition) is 2. The van der Waals surface area contributed by atoms with Gasteiger partial charge in [0.05, 0.1) is 0 Å². The van der Waals surface area contributed by atoms with E-state index in [-0.39, 0.29) is 6.10 Å². The van der Waals surface area contributed by atoms with Gasteiger partial charge in [0.15, 0.2) is 0 Å². The quantitative estimate of drug-likeness (QED) is 0.921. The first-order valence-electron chi connectivity index (χ1n) is 7.27. The van der Waals surface area contributed by atoms with E-state index < -0.39 is 0 Å². The average Bonchev–Trinajstić information content (AvgIpc) is 2.88. The van der Waals surface area contributed by atoms with Gasteiger partial charge in [0, 0.05) is 6.42 Å². The van der Waals surface area contributed by atoms with Crippen molar-refractivity contribution in [3.8, 4) is 5.75 Å². The summed E-state index contributed by atoms with van der Waals surface area (Å²) in [5, 5.41) is 0. The van der Waals surface area contributed by atoms with Gasteiger partial charge < -0.3 is 10.5 Å². The van der Waals surface area contributed by atoms with Crippen molar-refractivity contribution < 1.29 is 4.74 Å². The Balaban J connectivity index is 1.69. The number of ether oxygens (including phenoxy) is 1. The third-order valence-electron chi connectivity index (χ3n) is 4.09. The van der Waals surface area contributed by atoms with Crippen molar-refractivity contribution in [2.75, 3.05) is 6.54 Å². The average molecular weight is 267 g/mol. The number of hydrogen-bond donors (Lipinski definition) is 1. The number of aryl methyl sites for hydroxylation is 1. The molecule has 0 spiro atoms. The lowest BCUT2D eigenvalue weighted by Crippen LogP contribution is -2.22. The minimum absolute atomic E-state index is 0.252. The van der Waals surface area contributed by atoms with Crippen LogP contribution in [0.2, 0.25) is 0 Å². The molecule has 2 nitrogen and oxygen atoms in total. The molecule has 2 aromatic rings. The lowest BCUT2D eigenvalue weighted by atomic mass is 9.91. The van der Waals surface area contributed by atoms with Gasteiger partial charge in [0.1, 0.15) is 11.9 Å². The molecule has 2 heteroatoms. The standard InChI is InChI=1S/C18H21NO/c1-13-6-8-14(9-7-13)16(12-19)11-17-10-15-4-2-3-5-18(15)20-17/h2-9,16-17H,10-12,19H2,1H3. The van der Waals surface area contributed by atoms with E-state index >= 15 is 0 Å². The van der Waals surface area contributed by atoms with Crippen LogP contribution in [0.4, 0.5) is 0 Å². The minimum atomic E-state index is 0.252. The van der Waals surface area contributed by atoms with Crippen LogP contribution in [-0.2, 0) is 6.42 Å². The van der Waals surface area contributed by atoms with Gasteiger partial charge in [-0.2, -0.15) is 0 Å². The van der Waals surface area contributed by atoms with Crippen LogP contribution >= 0.6 is 0 Å². The second-order valence-electron chi connectivity index (χ2n) is 5.63. The van der Waals surface area contributed by atoms with Gasteiger partial charge in [0.25, 0.3) is 0 Å². The molecule has 3 rings (SSSR count). The molecular formula is C18H21NO. The summed E-state index contributed by atoms with van der Waals surface area (Å²) < 4.78 is 6.03. The number of nitrogens with two attached hydrogens (primary N) is 1. The van der Waals surface area contributed by atoms with Gasteiger partial charge in [-0.3, -0.25) is 0 Å². The van der Waals surface area contributed by atoms with E-state index in [1.54, 1.807) is 0 Å². The molecule has 0 bridgehead atoms. The van der Waals surface area contributed by atoms with Crippen molar-refractivity contribution in [3.63, 3.8) is 0 Å². The van der Waals surface area contributed by atoms with Gasteiger partial charge in [-0.05, 0) is 43.0 Å². The molecule has 1 aliphatic rings. The molecule has 2 N–H and O–H groups in total. The van der Waals surface area contributed by atoms with Gasteiger partial charge >= 0.3 is 0 Å². The fourth-order valence-corrected chi connectivity index (χ4v) is 2.91. The molecule has 2 unspecified atom stereocenters. The Morgan fingerprint density at radius 2 is 1.90 bits per heavy atom. The highest BCUT2D eigenvalue weighted by Gasteiger charge is 2.25. The van der Waals surface area contributed by atoms with Crippen LogP contribution < -0.4 is 10.5 Å². The van der Waals surface area contributed by atoms with Crippen molar-refractivity contribution in [1.29, 1.82) is 0 Å². The highest BCUT2D eigenvalue weighted by Crippen LogP contribution is 2.32. The fraction of sp³-hybridized carbons (Fsp3) is 0.333. The first-order chi connectivity index (χ1) is 9.76. The first-order valence-corrected chi connectivity index (χ1v) is 7.27. The minimum Gasteiger partial charge on any atom is -0.490 e. The Kier molecular flexibility index (Phi) is 3.75. The van der Waals surface area contributed by atoms with Gasteiger partial charge in [-0.15, -0.1) is 0 Å². The van der Waals surface area contributed by atoms with Crippen LogP contribution in [0.1, 0.15) is 29.0 Å². The third-order valence-corrected chi connectivity index (χ3v) is 4.09. The summed E-state index contributed by atoms with van der Waals surface area (Å²) in [6.07, 6.45) is 2.23. The number of para-hydroxylation sites is 1. The van der Waals surface area contributed by atoms with Crippen LogP contribution in [-0.4, -0.2) is 12.6 Å². The fourth-order valence-electron chi connectivity index (χ4n) is 2.91. The highest BCUT2D eigenvalue weighted by atomic mass is 16.5. The maximum Gasteiger partial charge on any atom is 0.123 e. The molecular weight excluding hydrogens is 246 g/mol. The van der Waals surface area contributed by atoms with E-state index in [2.05, 4.69) is 49.4 Å². The molecule has 2 aromatic carbocycles. The maximum absolute atomic E-state index is 6.03. The van der Waals surface area contributed by atoms with Crippen molar-refractivity contribution in [3.05, 3.63) is 65.2 Å². The summed E-state index contributed by atoms with van der Waals surface area (Å²) >= 11 is 0. The van der Waals surface area contributed by atoms with Crippen molar-refractivity contribution >= 4 is 0 Å². The van der Waals surface area contributed by atoms with E-state index in [0.717, 1.165) is 18.6 Å². The van der Waals surface area contributed by atoms with E-state index in [1.165, 1.54) is 16.7 Å². The SMILES string of the molecule is Cc1ccc(C(CN)CC2Cc3ccccc3O2)cc1. The smallest absolute Gasteiger partial charge is 0.123 e. The molecule has 0 fully saturated rings.